The first-order valence-electron chi connectivity index (χ1n) is 5.83. The Morgan fingerprint density at radius 3 is 2.38 bits per heavy atom. The maximum absolute atomic E-state index is 11.8. The Bertz CT molecular complexity index is 747. The molecule has 0 aliphatic heterocycles. The zero-order valence-electron chi connectivity index (χ0n) is 11.8. The van der Waals surface area contributed by atoms with Gasteiger partial charge in [-0.3, -0.25) is 9.59 Å². The fourth-order valence-corrected chi connectivity index (χ4v) is 1.81. The van der Waals surface area contributed by atoms with E-state index >= 15 is 0 Å². The quantitative estimate of drug-likeness (QED) is 0.801. The minimum absolute atomic E-state index is 0.208. The molecule has 0 amide bonds. The lowest BCUT2D eigenvalue weighted by Crippen LogP contribution is -2.24. The average Bonchev–Trinajstić information content (AvgIpc) is 2.45. The van der Waals surface area contributed by atoms with Gasteiger partial charge in [0.15, 0.2) is 5.56 Å². The van der Waals surface area contributed by atoms with E-state index in [0.29, 0.717) is 17.4 Å². The van der Waals surface area contributed by atoms with Gasteiger partial charge in [0.2, 0.25) is 0 Å². The number of aromatic nitrogens is 1. The molecular weight excluding hydrogens is 278 g/mol. The van der Waals surface area contributed by atoms with Crippen LogP contribution in [0, 0.1) is 0 Å². The number of benzene rings is 1. The molecule has 2 rings (SSSR count). The summed E-state index contributed by atoms with van der Waals surface area (Å²) in [6, 6.07) is 4.25. The highest BCUT2D eigenvalue weighted by atomic mass is 16.4. The van der Waals surface area contributed by atoms with Crippen LogP contribution in [0.3, 0.4) is 0 Å². The largest absolute Gasteiger partial charge is 0.506 e. The van der Waals surface area contributed by atoms with E-state index in [2.05, 4.69) is 4.74 Å². The number of aldehydes is 1. The van der Waals surface area contributed by atoms with Gasteiger partial charge in [-0.1, -0.05) is 6.07 Å². The van der Waals surface area contributed by atoms with Gasteiger partial charge in [-0.05, 0) is 12.1 Å². The van der Waals surface area contributed by atoms with E-state index in [0.717, 1.165) is 4.57 Å². The van der Waals surface area contributed by atoms with Gasteiger partial charge in [0.1, 0.15) is 12.0 Å². The molecule has 1 aromatic carbocycles. The Labute approximate surface area is 120 Å². The first-order valence-corrected chi connectivity index (χ1v) is 5.83. The number of pyridine rings is 1. The molecule has 2 aromatic rings. The second-order valence-electron chi connectivity index (χ2n) is 4.20. The number of aromatic carboxylic acids is 1. The summed E-state index contributed by atoms with van der Waals surface area (Å²) in [5, 5.41) is 18.9. The highest BCUT2D eigenvalue weighted by Gasteiger charge is 2.20. The van der Waals surface area contributed by atoms with Crippen LogP contribution >= 0.6 is 0 Å². The summed E-state index contributed by atoms with van der Waals surface area (Å²) in [5.74, 6) is -2.08. The summed E-state index contributed by atoms with van der Waals surface area (Å²) in [7, 11) is 4.63. The van der Waals surface area contributed by atoms with Crippen molar-refractivity contribution in [3.8, 4) is 5.75 Å². The predicted molar refractivity (Wildman–Crippen MR) is 76.1 cm³/mol. The normalized spacial score (nSPS) is 9.86. The second-order valence-corrected chi connectivity index (χ2v) is 4.20. The van der Waals surface area contributed by atoms with Crippen LogP contribution in [-0.2, 0) is 11.8 Å². The van der Waals surface area contributed by atoms with Crippen LogP contribution in [0.2, 0.25) is 0 Å². The number of carbonyl (C=O) groups is 2. The van der Waals surface area contributed by atoms with Crippen LogP contribution in [0.1, 0.15) is 20.7 Å². The maximum atomic E-state index is 11.8. The number of aromatic hydroxyl groups is 1. The third kappa shape index (κ3) is 3.09. The van der Waals surface area contributed by atoms with E-state index in [1.54, 1.807) is 14.2 Å². The zero-order chi connectivity index (χ0) is 16.2. The number of hydrogen-bond acceptors (Lipinski definition) is 5. The highest BCUT2D eigenvalue weighted by Crippen LogP contribution is 2.26. The molecule has 112 valence electrons. The van der Waals surface area contributed by atoms with E-state index in [1.807, 2.05) is 0 Å². The van der Waals surface area contributed by atoms with Crippen LogP contribution in [0.15, 0.2) is 23.0 Å². The summed E-state index contributed by atoms with van der Waals surface area (Å²) < 4.78 is 5.34. The van der Waals surface area contributed by atoms with Gasteiger partial charge in [-0.25, -0.2) is 4.79 Å². The Balaban J connectivity index is 0.000000677. The number of rotatable bonds is 2. The second kappa shape index (κ2) is 6.67. The third-order valence-corrected chi connectivity index (χ3v) is 2.74. The van der Waals surface area contributed by atoms with Crippen molar-refractivity contribution in [2.24, 2.45) is 7.05 Å². The van der Waals surface area contributed by atoms with Crippen molar-refractivity contribution < 1.29 is 24.5 Å². The van der Waals surface area contributed by atoms with E-state index in [9.17, 15) is 19.5 Å². The highest BCUT2D eigenvalue weighted by molar-refractivity contribution is 5.99. The average molecular weight is 293 g/mol. The minimum Gasteiger partial charge on any atom is -0.506 e. The summed E-state index contributed by atoms with van der Waals surface area (Å²) in [5.41, 5.74) is -0.869. The van der Waals surface area contributed by atoms with E-state index in [1.165, 1.54) is 25.2 Å². The molecule has 0 unspecified atom stereocenters. The smallest absolute Gasteiger partial charge is 0.345 e. The molecule has 0 aliphatic rings. The third-order valence-electron chi connectivity index (χ3n) is 2.74. The molecule has 0 bridgehead atoms. The molecule has 0 spiro atoms. The fourth-order valence-electron chi connectivity index (χ4n) is 1.81. The lowest BCUT2D eigenvalue weighted by atomic mass is 10.1. The number of carboxylic acid groups (broad SMARTS) is 1. The Morgan fingerprint density at radius 2 is 1.90 bits per heavy atom. The molecular formula is C14H15NO6. The van der Waals surface area contributed by atoms with E-state index < -0.39 is 22.8 Å². The van der Waals surface area contributed by atoms with Crippen LogP contribution in [0.25, 0.3) is 10.9 Å². The van der Waals surface area contributed by atoms with Crippen molar-refractivity contribution in [3.63, 3.8) is 0 Å². The SMILES string of the molecule is COC.Cn1c(=O)c(C(=O)O)c(O)c2ccc(C=O)cc21. The molecule has 0 fully saturated rings. The summed E-state index contributed by atoms with van der Waals surface area (Å²) in [6.45, 7) is 0. The van der Waals surface area contributed by atoms with Crippen molar-refractivity contribution >= 4 is 23.2 Å². The van der Waals surface area contributed by atoms with E-state index in [-0.39, 0.29) is 5.39 Å². The summed E-state index contributed by atoms with van der Waals surface area (Å²) in [6.07, 6.45) is 0.603. The number of nitrogens with zero attached hydrogens (tertiary/aromatic N) is 1. The Morgan fingerprint density at radius 1 is 1.33 bits per heavy atom. The predicted octanol–water partition coefficient (Wildman–Crippen LogP) is 1.02. The van der Waals surface area contributed by atoms with Crippen molar-refractivity contribution in [1.82, 2.24) is 4.57 Å². The summed E-state index contributed by atoms with van der Waals surface area (Å²) in [4.78, 5) is 33.4. The molecule has 1 aromatic heterocycles. The molecule has 7 nitrogen and oxygen atoms in total. The van der Waals surface area contributed by atoms with Crippen LogP contribution in [0.4, 0.5) is 0 Å². The van der Waals surface area contributed by atoms with Gasteiger partial charge in [-0.15, -0.1) is 0 Å². The molecule has 7 heteroatoms. The molecule has 0 saturated carbocycles. The lowest BCUT2D eigenvalue weighted by molar-refractivity contribution is 0.0691. The number of carbonyl (C=O) groups excluding carboxylic acids is 1. The Kier molecular flexibility index (Phi) is 5.20. The maximum Gasteiger partial charge on any atom is 0.345 e. The number of hydrogen-bond donors (Lipinski definition) is 2. The van der Waals surface area contributed by atoms with Gasteiger partial charge in [-0.2, -0.15) is 0 Å². The standard InChI is InChI=1S/C12H9NO5.C2H6O/c1-13-8-4-6(5-14)2-3-7(8)10(15)9(11(13)16)12(17)18;1-3-2/h2-5,15H,1H3,(H,17,18);1-2H3. The van der Waals surface area contributed by atoms with Crippen molar-refractivity contribution in [2.45, 2.75) is 0 Å². The summed E-state index contributed by atoms with van der Waals surface area (Å²) >= 11 is 0. The van der Waals surface area contributed by atoms with Gasteiger partial charge < -0.3 is 19.5 Å². The number of methoxy groups -OCH3 is 1. The van der Waals surface area contributed by atoms with Crippen molar-refractivity contribution in [1.29, 1.82) is 0 Å². The molecule has 0 aliphatic carbocycles. The molecule has 2 N–H and O–H groups in total. The minimum atomic E-state index is -1.49. The van der Waals surface area contributed by atoms with Gasteiger partial charge in [0.05, 0.1) is 5.52 Å². The molecule has 0 atom stereocenters. The number of carboxylic acids is 1. The number of fused-ring (bicyclic) bond motifs is 1. The van der Waals surface area contributed by atoms with Gasteiger partial charge >= 0.3 is 5.97 Å². The monoisotopic (exact) mass is 293 g/mol. The molecule has 21 heavy (non-hydrogen) atoms. The first-order chi connectivity index (χ1) is 9.88. The topological polar surface area (TPSA) is 106 Å². The molecule has 0 radical (unpaired) electrons. The molecule has 0 saturated heterocycles. The van der Waals surface area contributed by atoms with Crippen LogP contribution < -0.4 is 5.56 Å². The Hall–Kier alpha value is -2.67. The fraction of sp³-hybridized carbons (Fsp3) is 0.214. The lowest BCUT2D eigenvalue weighted by Gasteiger charge is -2.09. The van der Waals surface area contributed by atoms with Gasteiger partial charge in [0, 0.05) is 32.2 Å². The number of aryl methyl sites for hydroxylation is 1. The van der Waals surface area contributed by atoms with Crippen molar-refractivity contribution in [3.05, 3.63) is 39.7 Å². The van der Waals surface area contributed by atoms with Crippen LogP contribution in [-0.4, -0.2) is 41.3 Å². The molecule has 1 heterocycles. The van der Waals surface area contributed by atoms with Crippen molar-refractivity contribution in [2.75, 3.05) is 14.2 Å². The zero-order valence-corrected chi connectivity index (χ0v) is 11.8. The number of ether oxygens (including phenoxy) is 1. The van der Waals surface area contributed by atoms with E-state index in [4.69, 9.17) is 5.11 Å². The van der Waals surface area contributed by atoms with Gasteiger partial charge in [0.25, 0.3) is 5.56 Å². The van der Waals surface area contributed by atoms with Crippen LogP contribution in [0.5, 0.6) is 5.75 Å². The first kappa shape index (κ1) is 16.4.